The molecule has 0 aliphatic heterocycles. The maximum Gasteiger partial charge on any atom is 0.255 e. The van der Waals surface area contributed by atoms with Crippen molar-refractivity contribution in [1.29, 1.82) is 0 Å². The Morgan fingerprint density at radius 3 is 2.48 bits per heavy atom. The van der Waals surface area contributed by atoms with Gasteiger partial charge in [0.2, 0.25) is 5.89 Å². The summed E-state index contributed by atoms with van der Waals surface area (Å²) in [6.07, 6.45) is 1.67. The van der Waals surface area contributed by atoms with Crippen LogP contribution in [0.15, 0.2) is 101 Å². The Hall–Kier alpha value is -4.18. The molecule has 1 aromatic heterocycles. The zero-order chi connectivity index (χ0) is 22.6. The molecule has 0 spiro atoms. The van der Waals surface area contributed by atoms with Gasteiger partial charge in [-0.2, -0.15) is 0 Å². The summed E-state index contributed by atoms with van der Waals surface area (Å²) in [5.41, 5.74) is 7.02. The number of fused-ring (bicyclic) bond motifs is 1. The van der Waals surface area contributed by atoms with Crippen LogP contribution in [0.4, 0.5) is 5.69 Å². The van der Waals surface area contributed by atoms with Crippen LogP contribution in [-0.2, 0) is 12.8 Å². The molecule has 4 nitrogen and oxygen atoms in total. The van der Waals surface area contributed by atoms with Crippen molar-refractivity contribution in [2.45, 2.75) is 19.8 Å². The number of nitrogens with zero attached hydrogens (tertiary/aromatic N) is 1. The lowest BCUT2D eigenvalue weighted by Gasteiger charge is -2.12. The molecule has 0 unspecified atom stereocenters. The van der Waals surface area contributed by atoms with Crippen LogP contribution >= 0.6 is 0 Å². The zero-order valence-corrected chi connectivity index (χ0v) is 18.4. The van der Waals surface area contributed by atoms with Crippen molar-refractivity contribution in [1.82, 2.24) is 4.98 Å². The lowest BCUT2D eigenvalue weighted by molar-refractivity contribution is 0.102. The van der Waals surface area contributed by atoms with Crippen molar-refractivity contribution in [2.24, 2.45) is 0 Å². The molecule has 4 heteroatoms. The molecule has 33 heavy (non-hydrogen) atoms. The smallest absolute Gasteiger partial charge is 0.255 e. The Balaban J connectivity index is 1.41. The van der Waals surface area contributed by atoms with E-state index in [2.05, 4.69) is 22.4 Å². The lowest BCUT2D eigenvalue weighted by atomic mass is 9.99. The maximum absolute atomic E-state index is 13.3. The second-order valence-electron chi connectivity index (χ2n) is 8.13. The van der Waals surface area contributed by atoms with Crippen molar-refractivity contribution in [3.05, 3.63) is 119 Å². The highest BCUT2D eigenvalue weighted by Gasteiger charge is 2.16. The predicted molar refractivity (Wildman–Crippen MR) is 132 cm³/mol. The fraction of sp³-hybridized carbons (Fsp3) is 0.103. The fourth-order valence-electron chi connectivity index (χ4n) is 4.00. The molecule has 0 saturated heterocycles. The third-order valence-corrected chi connectivity index (χ3v) is 5.74. The van der Waals surface area contributed by atoms with E-state index in [9.17, 15) is 4.79 Å². The molecule has 0 saturated carbocycles. The monoisotopic (exact) mass is 432 g/mol. The molecule has 0 aliphatic rings. The molecular formula is C29H24N2O2. The maximum atomic E-state index is 13.3. The van der Waals surface area contributed by atoms with Gasteiger partial charge in [-0.15, -0.1) is 0 Å². The quantitative estimate of drug-likeness (QED) is 0.319. The van der Waals surface area contributed by atoms with E-state index in [1.807, 2.05) is 91.9 Å². The fourth-order valence-corrected chi connectivity index (χ4v) is 4.00. The number of hydrogen-bond acceptors (Lipinski definition) is 3. The molecule has 4 aromatic carbocycles. The minimum Gasteiger partial charge on any atom is -0.436 e. The molecular weight excluding hydrogens is 408 g/mol. The van der Waals surface area contributed by atoms with E-state index in [0.29, 0.717) is 17.1 Å². The molecule has 1 heterocycles. The normalized spacial score (nSPS) is 10.9. The topological polar surface area (TPSA) is 55.1 Å². The van der Waals surface area contributed by atoms with Gasteiger partial charge in [0.15, 0.2) is 5.58 Å². The van der Waals surface area contributed by atoms with Crippen molar-refractivity contribution < 1.29 is 9.21 Å². The van der Waals surface area contributed by atoms with Gasteiger partial charge in [0.1, 0.15) is 5.52 Å². The number of aromatic nitrogens is 1. The Labute approximate surface area is 192 Å². The molecule has 5 rings (SSSR count). The van der Waals surface area contributed by atoms with E-state index in [4.69, 9.17) is 4.42 Å². The highest BCUT2D eigenvalue weighted by Crippen LogP contribution is 2.31. The molecule has 1 amide bonds. The van der Waals surface area contributed by atoms with Crippen LogP contribution in [0.2, 0.25) is 0 Å². The first kappa shape index (κ1) is 20.7. The van der Waals surface area contributed by atoms with Crippen LogP contribution in [0.1, 0.15) is 27.0 Å². The van der Waals surface area contributed by atoms with E-state index in [0.717, 1.165) is 40.6 Å². The van der Waals surface area contributed by atoms with Gasteiger partial charge < -0.3 is 9.73 Å². The number of hydrogen-bond donors (Lipinski definition) is 1. The summed E-state index contributed by atoms with van der Waals surface area (Å²) in [7, 11) is 0. The second kappa shape index (κ2) is 9.13. The van der Waals surface area contributed by atoms with E-state index >= 15 is 0 Å². The van der Waals surface area contributed by atoms with Gasteiger partial charge in [-0.05, 0) is 66.8 Å². The number of rotatable bonds is 6. The van der Waals surface area contributed by atoms with E-state index < -0.39 is 0 Å². The van der Waals surface area contributed by atoms with Gasteiger partial charge in [0.05, 0.1) is 11.3 Å². The van der Waals surface area contributed by atoms with Gasteiger partial charge in [0.25, 0.3) is 5.91 Å². The minimum absolute atomic E-state index is 0.141. The van der Waals surface area contributed by atoms with Crippen LogP contribution in [0.25, 0.3) is 22.6 Å². The standard InChI is InChI=1S/C29H24N2O2/c1-20-15-18-27-26(19-20)31-29(33-27)24-13-7-8-14-25(24)30-28(32)23-12-6-5-11-22(23)17-16-21-9-3-2-4-10-21/h2-15,18-19H,16-17H2,1H3,(H,30,32). The third kappa shape index (κ3) is 4.55. The first-order chi connectivity index (χ1) is 16.2. The summed E-state index contributed by atoms with van der Waals surface area (Å²) in [5, 5.41) is 3.08. The van der Waals surface area contributed by atoms with E-state index in [-0.39, 0.29) is 5.91 Å². The van der Waals surface area contributed by atoms with Crippen LogP contribution in [0.5, 0.6) is 0 Å². The van der Waals surface area contributed by atoms with Crippen molar-refractivity contribution >= 4 is 22.7 Å². The third-order valence-electron chi connectivity index (χ3n) is 5.74. The average Bonchev–Trinajstić information content (AvgIpc) is 3.27. The summed E-state index contributed by atoms with van der Waals surface area (Å²) >= 11 is 0. The number of para-hydroxylation sites is 1. The van der Waals surface area contributed by atoms with Gasteiger partial charge in [-0.1, -0.05) is 66.7 Å². The van der Waals surface area contributed by atoms with Crippen LogP contribution in [-0.4, -0.2) is 10.9 Å². The summed E-state index contributed by atoms with van der Waals surface area (Å²) in [6.45, 7) is 2.03. The van der Waals surface area contributed by atoms with Gasteiger partial charge in [0, 0.05) is 5.56 Å². The predicted octanol–water partition coefficient (Wildman–Crippen LogP) is 6.84. The average molecular weight is 433 g/mol. The largest absolute Gasteiger partial charge is 0.436 e. The zero-order valence-electron chi connectivity index (χ0n) is 18.4. The summed E-state index contributed by atoms with van der Waals surface area (Å²) in [6, 6.07) is 31.6. The number of nitrogens with one attached hydrogen (secondary N) is 1. The highest BCUT2D eigenvalue weighted by molar-refractivity contribution is 6.07. The molecule has 162 valence electrons. The van der Waals surface area contributed by atoms with Crippen molar-refractivity contribution in [3.8, 4) is 11.5 Å². The molecule has 1 N–H and O–H groups in total. The molecule has 0 atom stereocenters. The number of aryl methyl sites for hydroxylation is 3. The minimum atomic E-state index is -0.141. The van der Waals surface area contributed by atoms with Crippen LogP contribution in [0, 0.1) is 6.92 Å². The van der Waals surface area contributed by atoms with Crippen LogP contribution in [0.3, 0.4) is 0 Å². The molecule has 0 bridgehead atoms. The Morgan fingerprint density at radius 1 is 0.848 bits per heavy atom. The summed E-state index contributed by atoms with van der Waals surface area (Å²) < 4.78 is 5.99. The Morgan fingerprint density at radius 2 is 1.61 bits per heavy atom. The first-order valence-corrected chi connectivity index (χ1v) is 11.1. The molecule has 0 aliphatic carbocycles. The van der Waals surface area contributed by atoms with Crippen LogP contribution < -0.4 is 5.32 Å². The van der Waals surface area contributed by atoms with Crippen molar-refractivity contribution in [3.63, 3.8) is 0 Å². The number of anilines is 1. The number of carbonyl (C=O) groups is 1. The van der Waals surface area contributed by atoms with Gasteiger partial charge >= 0.3 is 0 Å². The van der Waals surface area contributed by atoms with Crippen molar-refractivity contribution in [2.75, 3.05) is 5.32 Å². The number of oxazole rings is 1. The molecule has 0 radical (unpaired) electrons. The lowest BCUT2D eigenvalue weighted by Crippen LogP contribution is -2.15. The number of amides is 1. The van der Waals surface area contributed by atoms with Gasteiger partial charge in [-0.3, -0.25) is 4.79 Å². The second-order valence-corrected chi connectivity index (χ2v) is 8.13. The van der Waals surface area contributed by atoms with E-state index in [1.165, 1.54) is 5.56 Å². The molecule has 0 fully saturated rings. The summed E-state index contributed by atoms with van der Waals surface area (Å²) in [4.78, 5) is 17.9. The first-order valence-electron chi connectivity index (χ1n) is 11.1. The highest BCUT2D eigenvalue weighted by atomic mass is 16.3. The Bertz CT molecular complexity index is 1420. The Kier molecular flexibility index (Phi) is 5.73. The van der Waals surface area contributed by atoms with Gasteiger partial charge in [-0.25, -0.2) is 4.98 Å². The SMILES string of the molecule is Cc1ccc2oc(-c3ccccc3NC(=O)c3ccccc3CCc3ccccc3)nc2c1. The number of carbonyl (C=O) groups excluding carboxylic acids is 1. The van der Waals surface area contributed by atoms with E-state index in [1.54, 1.807) is 0 Å². The molecule has 5 aromatic rings. The number of benzene rings is 4. The summed E-state index contributed by atoms with van der Waals surface area (Å²) in [5.74, 6) is 0.349.